The van der Waals surface area contributed by atoms with Crippen molar-refractivity contribution in [1.29, 1.82) is 0 Å². The summed E-state index contributed by atoms with van der Waals surface area (Å²) in [7, 11) is 0. The third kappa shape index (κ3) is 6.19. The van der Waals surface area contributed by atoms with Crippen molar-refractivity contribution in [3.05, 3.63) is 35.5 Å². The number of hydrogen-bond acceptors (Lipinski definition) is 4. The fourth-order valence-corrected chi connectivity index (χ4v) is 6.97. The number of allylic oxidation sites excluding steroid dienone is 3. The first kappa shape index (κ1) is 26.2. The van der Waals surface area contributed by atoms with Crippen LogP contribution >= 0.6 is 0 Å². The van der Waals surface area contributed by atoms with Crippen LogP contribution in [0.3, 0.4) is 0 Å². The Kier molecular flexibility index (Phi) is 9.02. The molecule has 0 aromatic carbocycles. The molecule has 0 saturated heterocycles. The van der Waals surface area contributed by atoms with Gasteiger partial charge in [-0.3, -0.25) is 4.79 Å². The lowest BCUT2D eigenvalue weighted by Gasteiger charge is -2.46. The van der Waals surface area contributed by atoms with E-state index in [9.17, 15) is 15.0 Å². The minimum atomic E-state index is -0.657. The van der Waals surface area contributed by atoms with Crippen LogP contribution in [0.5, 0.6) is 0 Å². The van der Waals surface area contributed by atoms with Crippen molar-refractivity contribution in [2.24, 2.45) is 29.1 Å². The van der Waals surface area contributed by atoms with Gasteiger partial charge in [0, 0.05) is 18.8 Å². The molecular formula is C29H46O4. The predicted molar refractivity (Wildman–Crippen MR) is 134 cm³/mol. The van der Waals surface area contributed by atoms with Crippen LogP contribution in [0.2, 0.25) is 0 Å². The molecule has 0 unspecified atom stereocenters. The Bertz CT molecular complexity index is 764. The Morgan fingerprint density at radius 2 is 1.97 bits per heavy atom. The topological polar surface area (TPSA) is 66.8 Å². The lowest BCUT2D eigenvalue weighted by molar-refractivity contribution is -0.148. The number of aliphatic hydroxyl groups is 2. The van der Waals surface area contributed by atoms with Gasteiger partial charge >= 0.3 is 5.97 Å². The molecule has 0 aromatic rings. The van der Waals surface area contributed by atoms with E-state index in [1.54, 1.807) is 0 Å². The van der Waals surface area contributed by atoms with E-state index in [1.807, 2.05) is 0 Å². The third-order valence-electron chi connectivity index (χ3n) is 8.69. The average Bonchev–Trinajstić information content (AvgIpc) is 3.14. The molecule has 4 heteroatoms. The van der Waals surface area contributed by atoms with Crippen LogP contribution in [-0.4, -0.2) is 35.0 Å². The minimum Gasteiger partial charge on any atom is -0.465 e. The van der Waals surface area contributed by atoms with Gasteiger partial charge in [-0.15, -0.1) is 0 Å². The highest BCUT2D eigenvalue weighted by Gasteiger charge is 2.54. The van der Waals surface area contributed by atoms with E-state index in [2.05, 4.69) is 39.5 Å². The maximum absolute atomic E-state index is 11.8. The Balaban J connectivity index is 1.83. The van der Waals surface area contributed by atoms with E-state index in [-0.39, 0.29) is 11.4 Å². The summed E-state index contributed by atoms with van der Waals surface area (Å²) in [4.78, 5) is 11.8. The van der Waals surface area contributed by atoms with Gasteiger partial charge in [0.05, 0.1) is 18.8 Å². The van der Waals surface area contributed by atoms with Crippen LogP contribution in [-0.2, 0) is 9.53 Å². The Labute approximate surface area is 201 Å². The highest BCUT2D eigenvalue weighted by Crippen LogP contribution is 2.60. The van der Waals surface area contributed by atoms with E-state index in [1.165, 1.54) is 38.2 Å². The summed E-state index contributed by atoms with van der Waals surface area (Å²) in [6.07, 6.45) is 13.6. The second-order valence-electron chi connectivity index (χ2n) is 11.5. The zero-order chi connectivity index (χ0) is 24.2. The van der Waals surface area contributed by atoms with Crippen molar-refractivity contribution < 1.29 is 19.7 Å². The molecule has 0 bridgehead atoms. The Morgan fingerprint density at radius 3 is 2.67 bits per heavy atom. The van der Waals surface area contributed by atoms with Gasteiger partial charge in [0.25, 0.3) is 0 Å². The highest BCUT2D eigenvalue weighted by atomic mass is 16.5. The normalized spacial score (nSPS) is 35.8. The number of ether oxygens (including phenoxy) is 1. The number of esters is 1. The smallest absolute Gasteiger partial charge is 0.302 e. The zero-order valence-corrected chi connectivity index (χ0v) is 21.3. The molecule has 3 saturated carbocycles. The van der Waals surface area contributed by atoms with E-state index in [0.29, 0.717) is 37.2 Å². The van der Waals surface area contributed by atoms with Crippen molar-refractivity contribution >= 4 is 5.97 Å². The Morgan fingerprint density at radius 1 is 1.21 bits per heavy atom. The summed E-state index contributed by atoms with van der Waals surface area (Å²) in [6.45, 7) is 13.1. The van der Waals surface area contributed by atoms with Gasteiger partial charge in [0.15, 0.2) is 0 Å². The molecule has 0 heterocycles. The number of carbonyl (C=O) groups excluding carboxylic acids is 1. The minimum absolute atomic E-state index is 0.0358. The average molecular weight is 459 g/mol. The van der Waals surface area contributed by atoms with E-state index < -0.39 is 12.2 Å². The molecule has 3 fully saturated rings. The van der Waals surface area contributed by atoms with Gasteiger partial charge in [-0.2, -0.15) is 0 Å². The second-order valence-corrected chi connectivity index (χ2v) is 11.5. The van der Waals surface area contributed by atoms with Crippen molar-refractivity contribution in [3.8, 4) is 0 Å². The maximum atomic E-state index is 11.8. The number of aliphatic hydroxyl groups excluding tert-OH is 2. The predicted octanol–water partition coefficient (Wildman–Crippen LogP) is 6.13. The highest BCUT2D eigenvalue weighted by molar-refractivity contribution is 5.66. The summed E-state index contributed by atoms with van der Waals surface area (Å²) >= 11 is 0. The molecule has 3 aliphatic rings. The molecule has 3 rings (SSSR count). The quantitative estimate of drug-likeness (QED) is 0.429. The number of rotatable bonds is 8. The first-order chi connectivity index (χ1) is 15.6. The van der Waals surface area contributed by atoms with Gasteiger partial charge in [0.1, 0.15) is 0 Å². The summed E-state index contributed by atoms with van der Waals surface area (Å²) in [6, 6.07) is 0. The first-order valence-corrected chi connectivity index (χ1v) is 13.2. The van der Waals surface area contributed by atoms with Crippen LogP contribution in [0.4, 0.5) is 0 Å². The molecule has 0 aliphatic heterocycles. The SMILES string of the molecule is C=C1/C(=C/C=C2\CCC[C@]3(COC(C)=O)[C@@H]([C@H](C)CCCC(C)C)CC[C@@H]23)C[C@@H](O)C[C@@H]1O. The lowest BCUT2D eigenvalue weighted by atomic mass is 9.60. The largest absolute Gasteiger partial charge is 0.465 e. The molecule has 33 heavy (non-hydrogen) atoms. The lowest BCUT2D eigenvalue weighted by Crippen LogP contribution is -2.43. The fourth-order valence-electron chi connectivity index (χ4n) is 6.97. The molecule has 0 amide bonds. The Hall–Kier alpha value is -1.39. The third-order valence-corrected chi connectivity index (χ3v) is 8.69. The van der Waals surface area contributed by atoms with Crippen LogP contribution in [0.25, 0.3) is 0 Å². The maximum Gasteiger partial charge on any atom is 0.302 e. The second kappa shape index (κ2) is 11.4. The van der Waals surface area contributed by atoms with Gasteiger partial charge in [0.2, 0.25) is 0 Å². The summed E-state index contributed by atoms with van der Waals surface area (Å²) < 4.78 is 5.74. The first-order valence-electron chi connectivity index (χ1n) is 13.2. The van der Waals surface area contributed by atoms with Gasteiger partial charge in [-0.25, -0.2) is 0 Å². The molecule has 6 atom stereocenters. The van der Waals surface area contributed by atoms with Crippen molar-refractivity contribution in [2.75, 3.05) is 6.61 Å². The summed E-state index contributed by atoms with van der Waals surface area (Å²) in [5.74, 6) is 2.21. The van der Waals surface area contributed by atoms with E-state index in [4.69, 9.17) is 4.74 Å². The van der Waals surface area contributed by atoms with Crippen LogP contribution < -0.4 is 0 Å². The molecule has 4 nitrogen and oxygen atoms in total. The number of hydrogen-bond donors (Lipinski definition) is 2. The van der Waals surface area contributed by atoms with Gasteiger partial charge in [-0.1, -0.05) is 64.3 Å². The van der Waals surface area contributed by atoms with Crippen molar-refractivity contribution in [1.82, 2.24) is 0 Å². The number of carbonyl (C=O) groups is 1. The van der Waals surface area contributed by atoms with Crippen LogP contribution in [0, 0.1) is 29.1 Å². The molecule has 2 N–H and O–H groups in total. The molecular weight excluding hydrogens is 412 g/mol. The van der Waals surface area contributed by atoms with Gasteiger partial charge in [-0.05, 0) is 73.3 Å². The molecule has 0 aromatic heterocycles. The zero-order valence-electron chi connectivity index (χ0n) is 21.3. The molecule has 3 aliphatic carbocycles. The number of fused-ring (bicyclic) bond motifs is 1. The van der Waals surface area contributed by atoms with E-state index >= 15 is 0 Å². The molecule has 0 spiro atoms. The summed E-state index contributed by atoms with van der Waals surface area (Å²) in [5, 5.41) is 20.3. The fraction of sp³-hybridized carbons (Fsp3) is 0.759. The van der Waals surface area contributed by atoms with Crippen LogP contribution in [0.15, 0.2) is 35.5 Å². The standard InChI is InChI=1S/C29H46O4/c1-19(2)8-6-9-20(3)26-13-14-27-23(10-7-15-29(26,27)18-33-22(5)30)11-12-24-16-25(31)17-28(32)21(24)4/h11-12,19-20,25-28,31-32H,4,6-10,13-18H2,1-3,5H3/b23-11+,24-12+/t20-,25-,26-,27+,28+,29+/m1/s1. The van der Waals surface area contributed by atoms with Gasteiger partial charge < -0.3 is 14.9 Å². The van der Waals surface area contributed by atoms with Crippen LogP contribution in [0.1, 0.15) is 91.9 Å². The molecule has 186 valence electrons. The van der Waals surface area contributed by atoms with Crippen molar-refractivity contribution in [2.45, 2.75) is 104 Å². The monoisotopic (exact) mass is 458 g/mol. The summed E-state index contributed by atoms with van der Waals surface area (Å²) in [5.41, 5.74) is 3.18. The molecule has 0 radical (unpaired) electrons. The van der Waals surface area contributed by atoms with Crippen molar-refractivity contribution in [3.63, 3.8) is 0 Å². The van der Waals surface area contributed by atoms with E-state index in [0.717, 1.165) is 42.7 Å².